The van der Waals surface area contributed by atoms with Crippen LogP contribution in [0.3, 0.4) is 0 Å². The first-order valence-corrected chi connectivity index (χ1v) is 12.7. The number of ether oxygens (including phenoxy) is 3. The lowest BCUT2D eigenvalue weighted by Gasteiger charge is -2.32. The molecule has 0 aromatic heterocycles. The van der Waals surface area contributed by atoms with Crippen LogP contribution in [0.25, 0.3) is 0 Å². The molecule has 0 saturated carbocycles. The van der Waals surface area contributed by atoms with Crippen molar-refractivity contribution in [2.45, 2.75) is 56.1 Å². The molecule has 2 aromatic rings. The summed E-state index contributed by atoms with van der Waals surface area (Å²) in [5, 5.41) is -0.482. The third-order valence-electron chi connectivity index (χ3n) is 6.02. The van der Waals surface area contributed by atoms with Crippen molar-refractivity contribution in [1.29, 1.82) is 0 Å². The molecule has 2 aromatic carbocycles. The SMILES string of the molecule is COc1ccc([C@@H]2Sc3ccccc3N(CC(CN(C)C(C)C)OC(C)=O)C(=O)[C@@H]2OC(C)=O)cc1.Cl. The molecule has 3 rings (SSSR count). The maximum Gasteiger partial charge on any atom is 0.303 e. The number of carbonyl (C=O) groups excluding carboxylic acids is 3. The summed E-state index contributed by atoms with van der Waals surface area (Å²) in [6.45, 7) is 7.31. The number of benzene rings is 2. The van der Waals surface area contributed by atoms with E-state index >= 15 is 0 Å². The van der Waals surface area contributed by atoms with Crippen LogP contribution in [0.4, 0.5) is 5.69 Å². The maximum absolute atomic E-state index is 14.0. The number of likely N-dealkylation sites (N-methyl/N-ethyl adjacent to an activating group) is 1. The van der Waals surface area contributed by atoms with Gasteiger partial charge in [-0.15, -0.1) is 24.2 Å². The summed E-state index contributed by atoms with van der Waals surface area (Å²) < 4.78 is 16.6. The van der Waals surface area contributed by atoms with Crippen LogP contribution in [-0.4, -0.2) is 68.2 Å². The van der Waals surface area contributed by atoms with E-state index in [1.165, 1.54) is 25.6 Å². The van der Waals surface area contributed by atoms with Crippen molar-refractivity contribution < 1.29 is 28.6 Å². The van der Waals surface area contributed by atoms with E-state index in [1.807, 2.05) is 69.4 Å². The topological polar surface area (TPSA) is 85.4 Å². The van der Waals surface area contributed by atoms with Crippen molar-refractivity contribution in [3.05, 3.63) is 54.1 Å². The van der Waals surface area contributed by atoms with E-state index in [2.05, 4.69) is 4.90 Å². The maximum atomic E-state index is 14.0. The number of methoxy groups -OCH3 is 1. The lowest BCUT2D eigenvalue weighted by molar-refractivity contribution is -0.153. The van der Waals surface area contributed by atoms with E-state index in [0.717, 1.165) is 10.5 Å². The highest BCUT2D eigenvalue weighted by atomic mass is 35.5. The number of hydrogen-bond acceptors (Lipinski definition) is 8. The third-order valence-corrected chi connectivity index (χ3v) is 7.40. The van der Waals surface area contributed by atoms with Gasteiger partial charge >= 0.3 is 11.9 Å². The summed E-state index contributed by atoms with van der Waals surface area (Å²) in [7, 11) is 3.53. The molecule has 0 aliphatic carbocycles. The molecular formula is C27H35ClN2O6S. The van der Waals surface area contributed by atoms with Crippen molar-refractivity contribution in [1.82, 2.24) is 4.90 Å². The average molecular weight is 551 g/mol. The highest BCUT2D eigenvalue weighted by Gasteiger charge is 2.41. The monoisotopic (exact) mass is 550 g/mol. The Kier molecular flexibility index (Phi) is 11.3. The van der Waals surface area contributed by atoms with E-state index in [4.69, 9.17) is 14.2 Å². The zero-order valence-electron chi connectivity index (χ0n) is 22.0. The van der Waals surface area contributed by atoms with Crippen LogP contribution in [0.2, 0.25) is 0 Å². The zero-order chi connectivity index (χ0) is 26.4. The molecule has 0 saturated heterocycles. The van der Waals surface area contributed by atoms with Crippen LogP contribution >= 0.6 is 24.2 Å². The van der Waals surface area contributed by atoms with Gasteiger partial charge in [-0.1, -0.05) is 24.3 Å². The summed E-state index contributed by atoms with van der Waals surface area (Å²) >= 11 is 1.46. The number of nitrogens with zero attached hydrogens (tertiary/aromatic N) is 2. The molecule has 1 aliphatic rings. The Morgan fingerprint density at radius 3 is 2.27 bits per heavy atom. The lowest BCUT2D eigenvalue weighted by atomic mass is 10.0. The van der Waals surface area contributed by atoms with Crippen LogP contribution < -0.4 is 9.64 Å². The van der Waals surface area contributed by atoms with Gasteiger partial charge in [0.15, 0.2) is 6.10 Å². The second-order valence-corrected chi connectivity index (χ2v) is 10.2. The molecule has 3 atom stereocenters. The predicted molar refractivity (Wildman–Crippen MR) is 147 cm³/mol. The molecule has 8 nitrogen and oxygen atoms in total. The molecular weight excluding hydrogens is 516 g/mol. The van der Waals surface area contributed by atoms with Crippen molar-refractivity contribution in [3.63, 3.8) is 0 Å². The first-order chi connectivity index (χ1) is 17.1. The van der Waals surface area contributed by atoms with E-state index < -0.39 is 29.4 Å². The quantitative estimate of drug-likeness (QED) is 0.422. The van der Waals surface area contributed by atoms with Gasteiger partial charge < -0.3 is 24.0 Å². The molecule has 10 heteroatoms. The summed E-state index contributed by atoms with van der Waals surface area (Å²) in [6.07, 6.45) is -1.65. The number of amides is 1. The Hall–Kier alpha value is -2.75. The van der Waals surface area contributed by atoms with E-state index in [-0.39, 0.29) is 30.9 Å². The molecule has 1 aliphatic heterocycles. The van der Waals surface area contributed by atoms with Gasteiger partial charge in [0.25, 0.3) is 5.91 Å². The Bertz CT molecular complexity index is 1080. The van der Waals surface area contributed by atoms with Crippen LogP contribution in [0.1, 0.15) is 38.5 Å². The normalized spacial score (nSPS) is 17.9. The van der Waals surface area contributed by atoms with Crippen molar-refractivity contribution in [2.75, 3.05) is 32.1 Å². The standard InChI is InChI=1S/C27H34N2O6S.ClH/c1-17(2)28(5)15-22(34-18(3)30)16-29-23-9-7-8-10-24(23)36-26(25(27(29)32)35-19(4)31)20-11-13-21(33-6)14-12-20;/h7-14,17,22,25-26H,15-16H2,1-6H3;1H/t22?,25-,26+;/m1./s1. The number of anilines is 1. The largest absolute Gasteiger partial charge is 0.497 e. The van der Waals surface area contributed by atoms with Crippen molar-refractivity contribution in [2.24, 2.45) is 0 Å². The Morgan fingerprint density at radius 2 is 1.70 bits per heavy atom. The molecule has 0 radical (unpaired) electrons. The summed E-state index contributed by atoms with van der Waals surface area (Å²) in [4.78, 5) is 42.6. The first kappa shape index (κ1) is 30.5. The predicted octanol–water partition coefficient (Wildman–Crippen LogP) is 4.50. The molecule has 1 heterocycles. The summed E-state index contributed by atoms with van der Waals surface area (Å²) in [5.41, 5.74) is 1.51. The summed E-state index contributed by atoms with van der Waals surface area (Å²) in [6, 6.07) is 15.2. The van der Waals surface area contributed by atoms with Gasteiger partial charge in [-0.2, -0.15) is 0 Å². The van der Waals surface area contributed by atoms with Gasteiger partial charge in [-0.05, 0) is 50.7 Å². The van der Waals surface area contributed by atoms with Crippen LogP contribution in [-0.2, 0) is 23.9 Å². The Labute approximate surface area is 229 Å². The number of carbonyl (C=O) groups is 3. The fraction of sp³-hybridized carbons (Fsp3) is 0.444. The number of para-hydroxylation sites is 1. The van der Waals surface area contributed by atoms with Gasteiger partial charge in [-0.25, -0.2) is 0 Å². The van der Waals surface area contributed by atoms with Gasteiger partial charge in [0.1, 0.15) is 11.9 Å². The fourth-order valence-corrected chi connectivity index (χ4v) is 5.32. The Morgan fingerprint density at radius 1 is 1.05 bits per heavy atom. The zero-order valence-corrected chi connectivity index (χ0v) is 23.6. The smallest absolute Gasteiger partial charge is 0.303 e. The van der Waals surface area contributed by atoms with Crippen LogP contribution in [0.5, 0.6) is 5.75 Å². The number of rotatable bonds is 9. The minimum absolute atomic E-state index is 0. The van der Waals surface area contributed by atoms with Crippen LogP contribution in [0, 0.1) is 0 Å². The van der Waals surface area contributed by atoms with Crippen molar-refractivity contribution in [3.8, 4) is 5.75 Å². The fourth-order valence-electron chi connectivity index (χ4n) is 4.00. The second-order valence-electron chi connectivity index (χ2n) is 9.02. The number of thioether (sulfide) groups is 1. The van der Waals surface area contributed by atoms with Gasteiger partial charge in [-0.3, -0.25) is 14.4 Å². The number of fused-ring (bicyclic) bond motifs is 1. The molecule has 1 amide bonds. The van der Waals surface area contributed by atoms with E-state index in [9.17, 15) is 14.4 Å². The Balaban J connectivity index is 0.00000481. The van der Waals surface area contributed by atoms with E-state index in [0.29, 0.717) is 18.0 Å². The van der Waals surface area contributed by atoms with E-state index in [1.54, 1.807) is 12.0 Å². The second kappa shape index (κ2) is 13.7. The van der Waals surface area contributed by atoms with Crippen LogP contribution in [0.15, 0.2) is 53.4 Å². The molecule has 37 heavy (non-hydrogen) atoms. The number of esters is 2. The lowest BCUT2D eigenvalue weighted by Crippen LogP contribution is -2.49. The van der Waals surface area contributed by atoms with Gasteiger partial charge in [0, 0.05) is 31.3 Å². The first-order valence-electron chi connectivity index (χ1n) is 11.9. The molecule has 0 bridgehead atoms. The molecule has 0 spiro atoms. The van der Waals surface area contributed by atoms with Crippen molar-refractivity contribution >= 4 is 47.7 Å². The third kappa shape index (κ3) is 7.87. The molecule has 0 N–H and O–H groups in total. The number of halogens is 1. The molecule has 1 unspecified atom stereocenters. The number of hydrogen-bond donors (Lipinski definition) is 0. The van der Waals surface area contributed by atoms with Gasteiger partial charge in [0.2, 0.25) is 0 Å². The minimum atomic E-state index is -1.07. The summed E-state index contributed by atoms with van der Waals surface area (Å²) in [5.74, 6) is -0.648. The highest BCUT2D eigenvalue weighted by molar-refractivity contribution is 7.99. The van der Waals surface area contributed by atoms with Gasteiger partial charge in [0.05, 0.1) is 24.6 Å². The minimum Gasteiger partial charge on any atom is -0.497 e. The molecule has 202 valence electrons. The molecule has 0 fully saturated rings. The highest BCUT2D eigenvalue weighted by Crippen LogP contribution is 2.47. The average Bonchev–Trinajstić information content (AvgIpc) is 2.94.